The van der Waals surface area contributed by atoms with Crippen molar-refractivity contribution >= 4 is 43.3 Å². The summed E-state index contributed by atoms with van der Waals surface area (Å²) in [5.74, 6) is 0. The molecule has 0 atom stereocenters. The minimum absolute atomic E-state index is 0. The van der Waals surface area contributed by atoms with Crippen LogP contribution >= 0.6 is 26.5 Å². The van der Waals surface area contributed by atoms with Crippen molar-refractivity contribution in [2.45, 2.75) is 0 Å². The fourth-order valence-electron chi connectivity index (χ4n) is 0. The Hall–Kier alpha value is 2.98. The van der Waals surface area contributed by atoms with Crippen molar-refractivity contribution < 1.29 is 42.0 Å². The zero-order chi connectivity index (χ0) is 3.58. The van der Waals surface area contributed by atoms with Crippen molar-refractivity contribution in [3.63, 3.8) is 0 Å². The average molecular weight is 287 g/mol. The van der Waals surface area contributed by atoms with Gasteiger partial charge in [0.15, 0.2) is 0 Å². The summed E-state index contributed by atoms with van der Waals surface area (Å²) in [7, 11) is 15.0. The van der Waals surface area contributed by atoms with Crippen LogP contribution < -0.4 is 42.0 Å². The molecule has 0 rings (SSSR count). The van der Waals surface area contributed by atoms with Crippen LogP contribution in [0, 0.1) is 0 Å². The van der Waals surface area contributed by atoms with Gasteiger partial charge in [-0.15, -0.1) is 0 Å². The van der Waals surface area contributed by atoms with Gasteiger partial charge in [0.2, 0.25) is 0 Å². The van der Waals surface area contributed by atoms with Gasteiger partial charge in [-0.05, 0) is 0 Å². The topological polar surface area (TPSA) is 0 Å². The Morgan fingerprint density at radius 1 is 1.00 bits per heavy atom. The Bertz CT molecular complexity index is 12.3. The predicted octanol–water partition coefficient (Wildman–Crippen LogP) is -4.30. The van der Waals surface area contributed by atoms with Crippen molar-refractivity contribution in [1.29, 1.82) is 0 Å². The smallest absolute Gasteiger partial charge is 1.00 e. The maximum Gasteiger partial charge on any atom is 1.00 e. The van der Waals surface area contributed by atoms with Crippen LogP contribution in [-0.4, -0.2) is 16.8 Å². The average Bonchev–Trinajstić information content (AvgIpc) is 0.811. The molecule has 0 nitrogen and oxygen atoms in total. The molecule has 34 valence electrons. The SMILES string of the molecule is [Cl-].[Cl][Sb]([Cl])[Cl].[Na+]. The van der Waals surface area contributed by atoms with Crippen LogP contribution in [0.15, 0.2) is 0 Å². The molecule has 0 aliphatic rings. The summed E-state index contributed by atoms with van der Waals surface area (Å²) >= 11 is -2.03. The van der Waals surface area contributed by atoms with E-state index in [4.69, 9.17) is 26.5 Å². The van der Waals surface area contributed by atoms with E-state index in [2.05, 4.69) is 0 Å². The van der Waals surface area contributed by atoms with Crippen LogP contribution in [0.1, 0.15) is 0 Å². The van der Waals surface area contributed by atoms with Crippen LogP contribution in [0.3, 0.4) is 0 Å². The molecular weight excluding hydrogens is 287 g/mol. The second-order valence-corrected chi connectivity index (χ2v) is 11.6. The fourth-order valence-corrected chi connectivity index (χ4v) is 0. The molecule has 0 aliphatic carbocycles. The molecule has 0 bridgehead atoms. The Kier molecular flexibility index (Phi) is 29.0. The van der Waals surface area contributed by atoms with Gasteiger partial charge in [-0.25, -0.2) is 0 Å². The minimum Gasteiger partial charge on any atom is 1.00 e. The largest absolute Gasteiger partial charge is 1.00 e. The molecule has 0 aromatic carbocycles. The van der Waals surface area contributed by atoms with Gasteiger partial charge in [0.1, 0.15) is 0 Å². The van der Waals surface area contributed by atoms with Crippen LogP contribution in [0.4, 0.5) is 0 Å². The first-order valence-electron chi connectivity index (χ1n) is 0.507. The van der Waals surface area contributed by atoms with Crippen LogP contribution in [0.2, 0.25) is 0 Å². The van der Waals surface area contributed by atoms with E-state index in [9.17, 15) is 0 Å². The third kappa shape index (κ3) is 28.1. The van der Waals surface area contributed by atoms with Gasteiger partial charge in [-0.1, -0.05) is 0 Å². The molecule has 0 saturated carbocycles. The fraction of sp³-hybridized carbons (Fsp3) is 0. The summed E-state index contributed by atoms with van der Waals surface area (Å²) < 4.78 is 0. The molecule has 0 N–H and O–H groups in total. The van der Waals surface area contributed by atoms with Gasteiger partial charge >= 0.3 is 72.8 Å². The minimum atomic E-state index is -2.03. The van der Waals surface area contributed by atoms with E-state index >= 15 is 0 Å². The first-order valence-corrected chi connectivity index (χ1v) is 10.2. The quantitative estimate of drug-likeness (QED) is 0.395. The molecule has 0 spiro atoms. The maximum absolute atomic E-state index is 4.99. The van der Waals surface area contributed by atoms with Crippen molar-refractivity contribution in [2.24, 2.45) is 0 Å². The molecule has 0 unspecified atom stereocenters. The van der Waals surface area contributed by atoms with Crippen LogP contribution in [-0.2, 0) is 0 Å². The molecule has 6 heavy (non-hydrogen) atoms. The first-order chi connectivity index (χ1) is 1.73. The summed E-state index contributed by atoms with van der Waals surface area (Å²) in [4.78, 5) is 0. The van der Waals surface area contributed by atoms with Gasteiger partial charge < -0.3 is 12.4 Å². The second-order valence-electron chi connectivity index (χ2n) is 0.192. The summed E-state index contributed by atoms with van der Waals surface area (Å²) in [6.07, 6.45) is 0. The predicted molar refractivity (Wildman–Crippen MR) is 23.3 cm³/mol. The summed E-state index contributed by atoms with van der Waals surface area (Å²) in [5.41, 5.74) is 0. The summed E-state index contributed by atoms with van der Waals surface area (Å²) in [5, 5.41) is 0. The van der Waals surface area contributed by atoms with E-state index in [1.165, 1.54) is 0 Å². The van der Waals surface area contributed by atoms with E-state index < -0.39 is 16.8 Å². The molecule has 0 heterocycles. The standard InChI is InChI=1S/4ClH.Na.Sb/h4*1H;;/q;;;;+1;+3/p-4. The Labute approximate surface area is 83.6 Å². The van der Waals surface area contributed by atoms with E-state index in [1.807, 2.05) is 0 Å². The molecule has 6 heteroatoms. The first kappa shape index (κ1) is 16.0. The van der Waals surface area contributed by atoms with E-state index in [0.29, 0.717) is 0 Å². The van der Waals surface area contributed by atoms with Crippen LogP contribution in [0.5, 0.6) is 0 Å². The monoisotopic (exact) mass is 284 g/mol. The van der Waals surface area contributed by atoms with Gasteiger partial charge in [0.05, 0.1) is 0 Å². The molecular formula is Cl4NaSb. The zero-order valence-corrected chi connectivity index (χ0v) is 10.5. The summed E-state index contributed by atoms with van der Waals surface area (Å²) in [6, 6.07) is 0. The molecule has 0 fully saturated rings. The van der Waals surface area contributed by atoms with E-state index in [0.717, 1.165) is 0 Å². The molecule has 0 aliphatic heterocycles. The second kappa shape index (κ2) is 10.9. The van der Waals surface area contributed by atoms with E-state index in [1.54, 1.807) is 0 Å². The van der Waals surface area contributed by atoms with Gasteiger partial charge in [-0.2, -0.15) is 0 Å². The van der Waals surface area contributed by atoms with Crippen molar-refractivity contribution in [2.75, 3.05) is 0 Å². The Morgan fingerprint density at radius 2 is 1.00 bits per heavy atom. The van der Waals surface area contributed by atoms with Gasteiger partial charge in [0.25, 0.3) is 0 Å². The number of hydrogen-bond donors (Lipinski definition) is 0. The number of rotatable bonds is 0. The van der Waals surface area contributed by atoms with Crippen LogP contribution in [0.25, 0.3) is 0 Å². The number of halogens is 4. The number of hydrogen-bond acceptors (Lipinski definition) is 0. The third-order valence-corrected chi connectivity index (χ3v) is 0. The Morgan fingerprint density at radius 3 is 1.00 bits per heavy atom. The molecule has 0 radical (unpaired) electrons. The van der Waals surface area contributed by atoms with Gasteiger partial charge in [0, 0.05) is 0 Å². The molecule has 0 amide bonds. The third-order valence-electron chi connectivity index (χ3n) is 0. The summed E-state index contributed by atoms with van der Waals surface area (Å²) in [6.45, 7) is 0. The molecule has 0 aromatic heterocycles. The normalized spacial score (nSPS) is 6.00. The van der Waals surface area contributed by atoms with Gasteiger partial charge in [-0.3, -0.25) is 0 Å². The molecule has 0 saturated heterocycles. The Balaban J connectivity index is -0.0000000450. The van der Waals surface area contributed by atoms with E-state index in [-0.39, 0.29) is 42.0 Å². The van der Waals surface area contributed by atoms with Crippen molar-refractivity contribution in [1.82, 2.24) is 0 Å². The maximum atomic E-state index is 4.99. The van der Waals surface area contributed by atoms with Crippen molar-refractivity contribution in [3.8, 4) is 0 Å². The molecule has 0 aromatic rings. The zero-order valence-electron chi connectivity index (χ0n) is 2.96. The van der Waals surface area contributed by atoms with Crippen molar-refractivity contribution in [3.05, 3.63) is 0 Å².